The van der Waals surface area contributed by atoms with Gasteiger partial charge in [-0.1, -0.05) is 6.07 Å². The van der Waals surface area contributed by atoms with Gasteiger partial charge in [0.2, 0.25) is 0 Å². The molecule has 3 heterocycles. The van der Waals surface area contributed by atoms with E-state index < -0.39 is 0 Å². The first-order chi connectivity index (χ1) is 8.28. The maximum atomic E-state index is 5.67. The molecule has 0 aromatic carbocycles. The van der Waals surface area contributed by atoms with E-state index in [2.05, 4.69) is 32.7 Å². The molecule has 90 valence electrons. The zero-order chi connectivity index (χ0) is 11.8. The van der Waals surface area contributed by atoms with Crippen molar-refractivity contribution in [2.45, 2.75) is 18.9 Å². The number of nitrogens with two attached hydrogens (primary N) is 1. The lowest BCUT2D eigenvalue weighted by molar-refractivity contribution is 0.409. The zero-order valence-corrected chi connectivity index (χ0v) is 10.0. The van der Waals surface area contributed by atoms with Gasteiger partial charge in [-0.2, -0.15) is 0 Å². The Morgan fingerprint density at radius 1 is 1.41 bits per heavy atom. The fraction of sp³-hybridized carbons (Fsp3) is 0.500. The lowest BCUT2D eigenvalue weighted by atomic mass is 10.1. The summed E-state index contributed by atoms with van der Waals surface area (Å²) >= 11 is 0. The second kappa shape index (κ2) is 4.09. The Morgan fingerprint density at radius 2 is 2.29 bits per heavy atom. The molecule has 0 aliphatic carbocycles. The van der Waals surface area contributed by atoms with Gasteiger partial charge in [-0.05, 0) is 31.6 Å². The number of fused-ring (bicyclic) bond motifs is 1. The molecule has 2 aromatic rings. The highest BCUT2D eigenvalue weighted by atomic mass is 15.3. The fourth-order valence-electron chi connectivity index (χ4n) is 2.50. The van der Waals surface area contributed by atoms with Crippen LogP contribution >= 0.6 is 0 Å². The van der Waals surface area contributed by atoms with Gasteiger partial charge in [0.05, 0.1) is 0 Å². The predicted molar refractivity (Wildman–Crippen MR) is 65.7 cm³/mol. The van der Waals surface area contributed by atoms with Gasteiger partial charge in [0.15, 0.2) is 5.65 Å². The van der Waals surface area contributed by atoms with Crippen molar-refractivity contribution in [2.75, 3.05) is 20.1 Å². The Labute approximate surface area is 100 Å². The van der Waals surface area contributed by atoms with E-state index in [4.69, 9.17) is 5.73 Å². The molecule has 1 unspecified atom stereocenters. The maximum absolute atomic E-state index is 5.67. The summed E-state index contributed by atoms with van der Waals surface area (Å²) in [7, 11) is 2.15. The highest BCUT2D eigenvalue weighted by Gasteiger charge is 2.25. The van der Waals surface area contributed by atoms with E-state index in [1.807, 2.05) is 12.1 Å². The molecular formula is C12H17N5. The van der Waals surface area contributed by atoms with Crippen molar-refractivity contribution in [1.29, 1.82) is 0 Å². The number of hydrogen-bond donors (Lipinski definition) is 1. The van der Waals surface area contributed by atoms with E-state index in [9.17, 15) is 0 Å². The van der Waals surface area contributed by atoms with Crippen molar-refractivity contribution < 1.29 is 0 Å². The third kappa shape index (κ3) is 1.81. The summed E-state index contributed by atoms with van der Waals surface area (Å²) < 4.78 is 2.09. The predicted octanol–water partition coefficient (Wildman–Crippen LogP) is 0.607. The van der Waals surface area contributed by atoms with Crippen molar-refractivity contribution >= 4 is 5.65 Å². The van der Waals surface area contributed by atoms with Gasteiger partial charge < -0.3 is 10.6 Å². The van der Waals surface area contributed by atoms with Crippen molar-refractivity contribution in [3.05, 3.63) is 29.7 Å². The highest BCUT2D eigenvalue weighted by Crippen LogP contribution is 2.25. The summed E-state index contributed by atoms with van der Waals surface area (Å²) in [5, 5.41) is 8.55. The minimum Gasteiger partial charge on any atom is -0.326 e. The molecule has 1 saturated heterocycles. The van der Waals surface area contributed by atoms with E-state index in [-0.39, 0.29) is 0 Å². The quantitative estimate of drug-likeness (QED) is 0.822. The number of nitrogens with zero attached hydrogens (tertiary/aromatic N) is 4. The number of pyridine rings is 1. The molecule has 0 amide bonds. The molecular weight excluding hydrogens is 214 g/mol. The van der Waals surface area contributed by atoms with Crippen LogP contribution in [0.4, 0.5) is 0 Å². The molecule has 1 atom stereocenters. The molecule has 0 bridgehead atoms. The molecule has 5 heteroatoms. The van der Waals surface area contributed by atoms with Crippen LogP contribution < -0.4 is 5.73 Å². The standard InChI is InChI=1S/C12H17N5/c1-16-5-4-10(8-16)12-15-14-11-3-2-9(6-13)7-17(11)12/h2-3,7,10H,4-6,8,13H2,1H3. The Kier molecular flexibility index (Phi) is 2.57. The molecule has 1 aliphatic rings. The van der Waals surface area contributed by atoms with Gasteiger partial charge >= 0.3 is 0 Å². The van der Waals surface area contributed by atoms with Crippen LogP contribution in [0.25, 0.3) is 5.65 Å². The molecule has 0 saturated carbocycles. The number of likely N-dealkylation sites (tertiary alicyclic amines) is 1. The van der Waals surface area contributed by atoms with Crippen LogP contribution in [0.2, 0.25) is 0 Å². The molecule has 1 aliphatic heterocycles. The largest absolute Gasteiger partial charge is 0.326 e. The Balaban J connectivity index is 2.04. The zero-order valence-electron chi connectivity index (χ0n) is 10.0. The first-order valence-electron chi connectivity index (χ1n) is 6.00. The van der Waals surface area contributed by atoms with Crippen LogP contribution in [0.3, 0.4) is 0 Å². The molecule has 0 spiro atoms. The summed E-state index contributed by atoms with van der Waals surface area (Å²) in [6.45, 7) is 2.75. The van der Waals surface area contributed by atoms with Crippen LogP contribution in [0.15, 0.2) is 18.3 Å². The number of likely N-dealkylation sites (N-methyl/N-ethyl adjacent to an activating group) is 1. The topological polar surface area (TPSA) is 59.5 Å². The summed E-state index contributed by atoms with van der Waals surface area (Å²) in [5.74, 6) is 1.56. The van der Waals surface area contributed by atoms with Gasteiger partial charge in [0.25, 0.3) is 0 Å². The molecule has 1 fully saturated rings. The smallest absolute Gasteiger partial charge is 0.160 e. The monoisotopic (exact) mass is 231 g/mol. The van der Waals surface area contributed by atoms with Crippen molar-refractivity contribution in [3.8, 4) is 0 Å². The summed E-state index contributed by atoms with van der Waals surface area (Å²) in [6, 6.07) is 3.99. The first kappa shape index (κ1) is 10.7. The number of rotatable bonds is 2. The fourth-order valence-corrected chi connectivity index (χ4v) is 2.50. The van der Waals surface area contributed by atoms with Crippen molar-refractivity contribution in [1.82, 2.24) is 19.5 Å². The van der Waals surface area contributed by atoms with E-state index in [0.717, 1.165) is 36.5 Å². The number of hydrogen-bond acceptors (Lipinski definition) is 4. The highest BCUT2D eigenvalue weighted by molar-refractivity contribution is 5.40. The molecule has 17 heavy (non-hydrogen) atoms. The normalized spacial score (nSPS) is 21.4. The van der Waals surface area contributed by atoms with Crippen LogP contribution in [-0.2, 0) is 6.54 Å². The first-order valence-corrected chi connectivity index (χ1v) is 6.00. The van der Waals surface area contributed by atoms with Crippen LogP contribution in [0.5, 0.6) is 0 Å². The Morgan fingerprint density at radius 3 is 3.00 bits per heavy atom. The van der Waals surface area contributed by atoms with Crippen LogP contribution in [-0.4, -0.2) is 39.6 Å². The van der Waals surface area contributed by atoms with Gasteiger partial charge in [-0.25, -0.2) is 0 Å². The van der Waals surface area contributed by atoms with Gasteiger partial charge in [-0.3, -0.25) is 4.40 Å². The Bertz CT molecular complexity index is 533. The van der Waals surface area contributed by atoms with E-state index in [1.54, 1.807) is 0 Å². The lowest BCUT2D eigenvalue weighted by Gasteiger charge is -2.09. The second-order valence-corrected chi connectivity index (χ2v) is 4.78. The molecule has 5 nitrogen and oxygen atoms in total. The van der Waals surface area contributed by atoms with Crippen LogP contribution in [0, 0.1) is 0 Å². The maximum Gasteiger partial charge on any atom is 0.160 e. The van der Waals surface area contributed by atoms with Gasteiger partial charge in [0.1, 0.15) is 5.82 Å². The van der Waals surface area contributed by atoms with E-state index in [1.165, 1.54) is 0 Å². The Hall–Kier alpha value is -1.46. The van der Waals surface area contributed by atoms with Crippen molar-refractivity contribution in [2.24, 2.45) is 5.73 Å². The molecule has 3 rings (SSSR count). The average Bonchev–Trinajstić information content (AvgIpc) is 2.93. The summed E-state index contributed by atoms with van der Waals surface area (Å²) in [5.41, 5.74) is 7.70. The van der Waals surface area contributed by atoms with E-state index in [0.29, 0.717) is 12.5 Å². The van der Waals surface area contributed by atoms with Gasteiger partial charge in [0, 0.05) is 25.2 Å². The minimum absolute atomic E-state index is 0.489. The van der Waals surface area contributed by atoms with Gasteiger partial charge in [-0.15, -0.1) is 10.2 Å². The number of aromatic nitrogens is 3. The van der Waals surface area contributed by atoms with Crippen molar-refractivity contribution in [3.63, 3.8) is 0 Å². The molecule has 0 radical (unpaired) electrons. The molecule has 2 aromatic heterocycles. The summed E-state index contributed by atoms with van der Waals surface area (Å²) in [6.07, 6.45) is 3.22. The third-order valence-electron chi connectivity index (χ3n) is 3.48. The SMILES string of the molecule is CN1CCC(c2nnc3ccc(CN)cn23)C1. The van der Waals surface area contributed by atoms with Crippen LogP contribution in [0.1, 0.15) is 23.7 Å². The third-order valence-corrected chi connectivity index (χ3v) is 3.48. The molecule has 2 N–H and O–H groups in total. The average molecular weight is 231 g/mol. The second-order valence-electron chi connectivity index (χ2n) is 4.78. The van der Waals surface area contributed by atoms with E-state index >= 15 is 0 Å². The summed E-state index contributed by atoms with van der Waals surface area (Å²) in [4.78, 5) is 2.33. The minimum atomic E-state index is 0.489. The lowest BCUT2D eigenvalue weighted by Crippen LogP contribution is -2.14.